The number of nitrogens with zero attached hydrogens (tertiary/aromatic N) is 2. The first-order chi connectivity index (χ1) is 12.7. The van der Waals surface area contributed by atoms with Crippen molar-refractivity contribution in [1.82, 2.24) is 4.57 Å². The van der Waals surface area contributed by atoms with Gasteiger partial charge in [0.05, 0.1) is 16.5 Å². The van der Waals surface area contributed by atoms with Crippen molar-refractivity contribution < 1.29 is 22.0 Å². The molecule has 0 aliphatic heterocycles. The number of pyridine rings is 1. The maximum Gasteiger partial charge on any atom is 0.416 e. The van der Waals surface area contributed by atoms with Crippen LogP contribution in [-0.4, -0.2) is 4.57 Å². The fourth-order valence-corrected chi connectivity index (χ4v) is 2.76. The average Bonchev–Trinajstić information content (AvgIpc) is 2.62. The molecular weight excluding hydrogens is 367 g/mol. The second-order valence-electron chi connectivity index (χ2n) is 5.91. The molecule has 0 fully saturated rings. The molecule has 138 valence electrons. The van der Waals surface area contributed by atoms with E-state index in [2.05, 4.69) is 0 Å². The second kappa shape index (κ2) is 6.83. The Hall–Kier alpha value is -3.21. The van der Waals surface area contributed by atoms with Crippen LogP contribution in [0.25, 0.3) is 10.9 Å². The highest BCUT2D eigenvalue weighted by Gasteiger charge is 2.29. The Morgan fingerprint density at radius 1 is 1.04 bits per heavy atom. The summed E-state index contributed by atoms with van der Waals surface area (Å²) in [5.74, 6) is -2.35. The minimum absolute atomic E-state index is 0.102. The van der Waals surface area contributed by atoms with Gasteiger partial charge in [-0.05, 0) is 30.2 Å². The van der Waals surface area contributed by atoms with Crippen LogP contribution in [0, 0.1) is 23.0 Å². The van der Waals surface area contributed by atoms with Crippen molar-refractivity contribution in [3.8, 4) is 6.07 Å². The Morgan fingerprint density at radius 2 is 1.67 bits per heavy atom. The van der Waals surface area contributed by atoms with Crippen molar-refractivity contribution in [2.45, 2.75) is 19.1 Å². The van der Waals surface area contributed by atoms with Crippen molar-refractivity contribution in [3.05, 3.63) is 81.1 Å². The Morgan fingerprint density at radius 3 is 2.26 bits per heavy atom. The number of aromatic nitrogens is 1. The van der Waals surface area contributed by atoms with E-state index in [1.807, 2.05) is 0 Å². The number of rotatable bonds is 3. The van der Waals surface area contributed by atoms with E-state index in [9.17, 15) is 26.7 Å². The number of alkyl halides is 3. The van der Waals surface area contributed by atoms with E-state index in [0.29, 0.717) is 5.56 Å². The monoisotopic (exact) mass is 378 g/mol. The molecule has 27 heavy (non-hydrogen) atoms. The summed E-state index contributed by atoms with van der Waals surface area (Å²) in [6.07, 6.45) is -2.94. The summed E-state index contributed by atoms with van der Waals surface area (Å²) in [5.41, 5.74) is -1.04. The van der Waals surface area contributed by atoms with Crippen LogP contribution < -0.4 is 5.43 Å². The van der Waals surface area contributed by atoms with Crippen LogP contribution in [0.3, 0.4) is 0 Å². The zero-order valence-electron chi connectivity index (χ0n) is 13.6. The highest BCUT2D eigenvalue weighted by Crippen LogP contribution is 2.29. The van der Waals surface area contributed by atoms with Gasteiger partial charge in [-0.3, -0.25) is 4.79 Å². The van der Waals surface area contributed by atoms with E-state index in [-0.39, 0.29) is 29.4 Å². The van der Waals surface area contributed by atoms with Gasteiger partial charge >= 0.3 is 6.18 Å². The number of hydrogen-bond donors (Lipinski definition) is 0. The zero-order chi connectivity index (χ0) is 19.8. The van der Waals surface area contributed by atoms with E-state index < -0.39 is 28.8 Å². The van der Waals surface area contributed by atoms with Crippen LogP contribution >= 0.6 is 0 Å². The molecule has 0 bridgehead atoms. The molecule has 0 N–H and O–H groups in total. The Kier molecular flexibility index (Phi) is 4.70. The van der Waals surface area contributed by atoms with Crippen LogP contribution in [0.1, 0.15) is 16.7 Å². The van der Waals surface area contributed by atoms with Crippen molar-refractivity contribution in [3.63, 3.8) is 0 Å². The molecule has 1 heterocycles. The molecule has 0 atom stereocenters. The molecule has 0 spiro atoms. The van der Waals surface area contributed by atoms with Gasteiger partial charge in [0.1, 0.15) is 11.6 Å². The van der Waals surface area contributed by atoms with Gasteiger partial charge in [-0.2, -0.15) is 18.4 Å². The summed E-state index contributed by atoms with van der Waals surface area (Å²) in [7, 11) is 0. The number of halogens is 5. The van der Waals surface area contributed by atoms with Crippen LogP contribution in [0.15, 0.2) is 47.4 Å². The summed E-state index contributed by atoms with van der Waals surface area (Å²) in [6, 6.07) is 7.85. The molecule has 3 aromatic rings. The van der Waals surface area contributed by atoms with E-state index in [1.165, 1.54) is 22.9 Å². The lowest BCUT2D eigenvalue weighted by Gasteiger charge is -2.13. The molecule has 0 saturated heterocycles. The second-order valence-corrected chi connectivity index (χ2v) is 5.91. The molecule has 0 radical (unpaired) electrons. The highest BCUT2D eigenvalue weighted by molar-refractivity contribution is 5.80. The summed E-state index contributed by atoms with van der Waals surface area (Å²) in [5, 5.41) is 8.94. The van der Waals surface area contributed by atoms with Crippen LogP contribution in [0.5, 0.6) is 0 Å². The van der Waals surface area contributed by atoms with Gasteiger partial charge in [0.25, 0.3) is 0 Å². The average molecular weight is 378 g/mol. The number of fused-ring (bicyclic) bond motifs is 1. The lowest BCUT2D eigenvalue weighted by atomic mass is 10.1. The minimum atomic E-state index is -4.43. The minimum Gasteiger partial charge on any atom is -0.345 e. The number of aryl methyl sites for hydroxylation is 2. The largest absolute Gasteiger partial charge is 0.416 e. The predicted molar refractivity (Wildman–Crippen MR) is 88.0 cm³/mol. The molecule has 0 aliphatic carbocycles. The van der Waals surface area contributed by atoms with Gasteiger partial charge in [-0.15, -0.1) is 0 Å². The molecule has 1 aromatic heterocycles. The first-order valence-corrected chi connectivity index (χ1v) is 7.79. The summed E-state index contributed by atoms with van der Waals surface area (Å²) >= 11 is 0. The molecule has 0 saturated carbocycles. The van der Waals surface area contributed by atoms with Crippen LogP contribution in [0.2, 0.25) is 0 Å². The third-order valence-electron chi connectivity index (χ3n) is 4.17. The summed E-state index contributed by atoms with van der Waals surface area (Å²) < 4.78 is 66.3. The lowest BCUT2D eigenvalue weighted by molar-refractivity contribution is -0.137. The molecule has 3 nitrogen and oxygen atoms in total. The van der Waals surface area contributed by atoms with E-state index in [0.717, 1.165) is 24.3 Å². The lowest BCUT2D eigenvalue weighted by Crippen LogP contribution is -2.15. The van der Waals surface area contributed by atoms with Crippen molar-refractivity contribution in [2.75, 3.05) is 0 Å². The van der Waals surface area contributed by atoms with Crippen LogP contribution in [-0.2, 0) is 19.1 Å². The van der Waals surface area contributed by atoms with E-state index in [1.54, 1.807) is 6.07 Å². The summed E-state index contributed by atoms with van der Waals surface area (Å²) in [6.45, 7) is 0.155. The quantitative estimate of drug-likeness (QED) is 0.634. The van der Waals surface area contributed by atoms with Crippen molar-refractivity contribution in [1.29, 1.82) is 5.26 Å². The fourth-order valence-electron chi connectivity index (χ4n) is 2.76. The number of hydrogen-bond acceptors (Lipinski definition) is 2. The first-order valence-electron chi connectivity index (χ1n) is 7.79. The predicted octanol–water partition coefficient (Wildman–Crippen LogP) is 4.41. The molecule has 0 aliphatic rings. The van der Waals surface area contributed by atoms with Gasteiger partial charge in [0.15, 0.2) is 11.6 Å². The highest BCUT2D eigenvalue weighted by atomic mass is 19.4. The molecular formula is C19H11F5N2O. The molecule has 2 aromatic carbocycles. The maximum absolute atomic E-state index is 13.6. The van der Waals surface area contributed by atoms with Gasteiger partial charge in [-0.1, -0.05) is 12.1 Å². The Balaban J connectivity index is 1.97. The van der Waals surface area contributed by atoms with Gasteiger partial charge in [-0.25, -0.2) is 8.78 Å². The van der Waals surface area contributed by atoms with Crippen molar-refractivity contribution >= 4 is 10.9 Å². The number of benzene rings is 2. The third-order valence-corrected chi connectivity index (χ3v) is 4.17. The topological polar surface area (TPSA) is 45.8 Å². The number of nitriles is 1. The van der Waals surface area contributed by atoms with E-state index in [4.69, 9.17) is 5.26 Å². The van der Waals surface area contributed by atoms with Crippen molar-refractivity contribution in [2.24, 2.45) is 0 Å². The Bertz CT molecular complexity index is 1110. The summed E-state index contributed by atoms with van der Waals surface area (Å²) in [4.78, 5) is 12.1. The fraction of sp³-hybridized carbons (Fsp3) is 0.158. The van der Waals surface area contributed by atoms with E-state index >= 15 is 0 Å². The molecule has 3 rings (SSSR count). The SMILES string of the molecule is N#Cc1cn(CCc2ccc(C(F)(F)F)cc2)c2cc(F)c(F)cc2c1=O. The smallest absolute Gasteiger partial charge is 0.345 e. The zero-order valence-corrected chi connectivity index (χ0v) is 13.6. The molecule has 0 unspecified atom stereocenters. The third kappa shape index (κ3) is 3.67. The van der Waals surface area contributed by atoms with Crippen LogP contribution in [0.4, 0.5) is 22.0 Å². The molecule has 0 amide bonds. The maximum atomic E-state index is 13.6. The van der Waals surface area contributed by atoms with Gasteiger partial charge in [0, 0.05) is 18.8 Å². The van der Waals surface area contributed by atoms with Gasteiger partial charge < -0.3 is 4.57 Å². The standard InChI is InChI=1S/C19H11F5N2O/c20-15-7-14-17(8-16(15)21)26(10-12(9-25)18(14)27)6-5-11-1-3-13(4-2-11)19(22,23)24/h1-4,7-8,10H,5-6H2. The Labute approximate surface area is 149 Å². The molecule has 8 heteroatoms. The van der Waals surface area contributed by atoms with Gasteiger partial charge in [0.2, 0.25) is 5.43 Å². The first kappa shape index (κ1) is 18.6. The normalized spacial score (nSPS) is 11.6.